The maximum Gasteiger partial charge on any atom is 0.253 e. The second kappa shape index (κ2) is 8.05. The molecule has 0 N–H and O–H groups in total. The van der Waals surface area contributed by atoms with Crippen LogP contribution >= 0.6 is 0 Å². The monoisotopic (exact) mass is 360 g/mol. The van der Waals surface area contributed by atoms with E-state index in [1.165, 1.54) is 0 Å². The molecule has 1 spiro atoms. The first kappa shape index (κ1) is 17.9. The molecule has 0 saturated carbocycles. The molecule has 0 aliphatic carbocycles. The van der Waals surface area contributed by atoms with Gasteiger partial charge in [0.15, 0.2) is 0 Å². The molecule has 6 heteroatoms. The summed E-state index contributed by atoms with van der Waals surface area (Å²) < 4.78 is 17.5. The molecule has 142 valence electrons. The first-order chi connectivity index (χ1) is 12.7. The van der Waals surface area contributed by atoms with Crippen LogP contribution in [0.5, 0.6) is 0 Å². The highest BCUT2D eigenvalue weighted by Gasteiger charge is 2.43. The third-order valence-electron chi connectivity index (χ3n) is 5.60. The van der Waals surface area contributed by atoms with E-state index in [9.17, 15) is 4.79 Å². The van der Waals surface area contributed by atoms with E-state index in [1.807, 2.05) is 35.2 Å². The molecule has 1 aromatic rings. The summed E-state index contributed by atoms with van der Waals surface area (Å²) in [5.74, 6) is 0.691. The third kappa shape index (κ3) is 4.09. The van der Waals surface area contributed by atoms with Gasteiger partial charge in [-0.2, -0.15) is 0 Å². The topological polar surface area (TPSA) is 51.2 Å². The van der Waals surface area contributed by atoms with Crippen molar-refractivity contribution in [2.45, 2.75) is 18.4 Å². The van der Waals surface area contributed by atoms with Crippen molar-refractivity contribution in [2.75, 3.05) is 64.1 Å². The fraction of sp³-hybridized carbons (Fsp3) is 0.650. The zero-order valence-corrected chi connectivity index (χ0v) is 15.3. The van der Waals surface area contributed by atoms with E-state index in [-0.39, 0.29) is 12.5 Å². The molecule has 3 heterocycles. The summed E-state index contributed by atoms with van der Waals surface area (Å²) in [5, 5.41) is 0. The normalized spacial score (nSPS) is 29.1. The Labute approximate surface area is 155 Å². The van der Waals surface area contributed by atoms with Crippen LogP contribution in [0, 0.1) is 5.92 Å². The number of benzene rings is 1. The summed E-state index contributed by atoms with van der Waals surface area (Å²) in [6.07, 6.45) is 2.25. The summed E-state index contributed by atoms with van der Waals surface area (Å²) in [5.41, 5.74) is 0.478. The van der Waals surface area contributed by atoms with Gasteiger partial charge < -0.3 is 19.1 Å². The van der Waals surface area contributed by atoms with Crippen molar-refractivity contribution in [3.63, 3.8) is 0 Å². The average molecular weight is 360 g/mol. The van der Waals surface area contributed by atoms with Crippen LogP contribution in [0.2, 0.25) is 0 Å². The van der Waals surface area contributed by atoms with Crippen LogP contribution in [0.1, 0.15) is 12.8 Å². The van der Waals surface area contributed by atoms with Gasteiger partial charge in [0, 0.05) is 38.5 Å². The molecule has 3 fully saturated rings. The van der Waals surface area contributed by atoms with Crippen molar-refractivity contribution < 1.29 is 19.0 Å². The minimum absolute atomic E-state index is 0.0158. The van der Waals surface area contributed by atoms with Crippen LogP contribution in [0.3, 0.4) is 0 Å². The zero-order valence-electron chi connectivity index (χ0n) is 15.3. The Bertz CT molecular complexity index is 605. The van der Waals surface area contributed by atoms with Crippen molar-refractivity contribution in [3.05, 3.63) is 30.3 Å². The predicted octanol–water partition coefficient (Wildman–Crippen LogP) is 1.55. The molecule has 3 aliphatic rings. The first-order valence-corrected chi connectivity index (χ1v) is 9.61. The Morgan fingerprint density at radius 1 is 1.04 bits per heavy atom. The van der Waals surface area contributed by atoms with Gasteiger partial charge in [0.05, 0.1) is 19.8 Å². The lowest BCUT2D eigenvalue weighted by Gasteiger charge is -2.43. The third-order valence-corrected chi connectivity index (χ3v) is 5.60. The number of anilines is 1. The van der Waals surface area contributed by atoms with E-state index < -0.39 is 5.60 Å². The van der Waals surface area contributed by atoms with Gasteiger partial charge in [-0.15, -0.1) is 0 Å². The largest absolute Gasteiger partial charge is 0.381 e. The molecule has 0 radical (unpaired) electrons. The fourth-order valence-corrected chi connectivity index (χ4v) is 4.17. The highest BCUT2D eigenvalue weighted by Crippen LogP contribution is 2.28. The van der Waals surface area contributed by atoms with Crippen molar-refractivity contribution in [3.8, 4) is 0 Å². The number of carbonyl (C=O) groups is 1. The molecule has 1 aromatic carbocycles. The van der Waals surface area contributed by atoms with Gasteiger partial charge >= 0.3 is 0 Å². The van der Waals surface area contributed by atoms with Gasteiger partial charge in [-0.1, -0.05) is 18.2 Å². The minimum atomic E-state index is -0.453. The molecule has 4 rings (SSSR count). The lowest BCUT2D eigenvalue weighted by Crippen LogP contribution is -2.61. The van der Waals surface area contributed by atoms with Crippen molar-refractivity contribution in [1.29, 1.82) is 0 Å². The predicted molar refractivity (Wildman–Crippen MR) is 98.3 cm³/mol. The molecule has 26 heavy (non-hydrogen) atoms. The van der Waals surface area contributed by atoms with Crippen LogP contribution < -0.4 is 4.90 Å². The second-order valence-electron chi connectivity index (χ2n) is 7.63. The smallest absolute Gasteiger partial charge is 0.253 e. The van der Waals surface area contributed by atoms with Gasteiger partial charge in [-0.25, -0.2) is 0 Å². The molecule has 0 unspecified atom stereocenters. The summed E-state index contributed by atoms with van der Waals surface area (Å²) >= 11 is 0. The Morgan fingerprint density at radius 2 is 1.85 bits per heavy atom. The lowest BCUT2D eigenvalue weighted by atomic mass is 9.97. The van der Waals surface area contributed by atoms with E-state index in [1.54, 1.807) is 0 Å². The Morgan fingerprint density at radius 3 is 2.65 bits per heavy atom. The number of rotatable bonds is 3. The maximum atomic E-state index is 12.4. The minimum Gasteiger partial charge on any atom is -0.381 e. The van der Waals surface area contributed by atoms with E-state index in [0.717, 1.165) is 51.4 Å². The first-order valence-electron chi connectivity index (χ1n) is 9.61. The molecule has 0 aromatic heterocycles. The van der Waals surface area contributed by atoms with E-state index in [2.05, 4.69) is 4.90 Å². The average Bonchev–Trinajstić information content (AvgIpc) is 2.88. The molecule has 3 saturated heterocycles. The van der Waals surface area contributed by atoms with Gasteiger partial charge in [-0.05, 0) is 30.9 Å². The number of morpholine rings is 1. The highest BCUT2D eigenvalue weighted by atomic mass is 16.6. The fourth-order valence-electron chi connectivity index (χ4n) is 4.17. The Kier molecular flexibility index (Phi) is 5.55. The van der Waals surface area contributed by atoms with Crippen LogP contribution in [-0.2, 0) is 19.0 Å². The molecular weight excluding hydrogens is 332 g/mol. The van der Waals surface area contributed by atoms with Crippen LogP contribution in [0.15, 0.2) is 30.3 Å². The molecule has 3 aliphatic heterocycles. The van der Waals surface area contributed by atoms with Crippen LogP contribution in [-0.4, -0.2) is 75.6 Å². The molecule has 1 atom stereocenters. The van der Waals surface area contributed by atoms with Crippen molar-refractivity contribution in [2.24, 2.45) is 5.92 Å². The van der Waals surface area contributed by atoms with Crippen LogP contribution in [0.4, 0.5) is 5.69 Å². The number of carbonyl (C=O) groups excluding carboxylic acids is 1. The number of nitrogens with zero attached hydrogens (tertiary/aromatic N) is 2. The quantitative estimate of drug-likeness (QED) is 0.819. The second-order valence-corrected chi connectivity index (χ2v) is 7.63. The number of ether oxygens (including phenoxy) is 3. The molecule has 1 amide bonds. The Balaban J connectivity index is 1.47. The van der Waals surface area contributed by atoms with E-state index in [4.69, 9.17) is 14.2 Å². The van der Waals surface area contributed by atoms with Gasteiger partial charge in [0.2, 0.25) is 0 Å². The van der Waals surface area contributed by atoms with E-state index in [0.29, 0.717) is 25.7 Å². The zero-order chi connectivity index (χ0) is 17.8. The van der Waals surface area contributed by atoms with Gasteiger partial charge in [-0.3, -0.25) is 9.69 Å². The molecule has 0 bridgehead atoms. The molecule has 6 nitrogen and oxygen atoms in total. The molecular formula is C20H28N2O4. The van der Waals surface area contributed by atoms with E-state index >= 15 is 0 Å². The summed E-state index contributed by atoms with van der Waals surface area (Å²) in [6.45, 7) is 6.42. The number of hydrogen-bond acceptors (Lipinski definition) is 5. The van der Waals surface area contributed by atoms with Crippen LogP contribution in [0.25, 0.3) is 0 Å². The van der Waals surface area contributed by atoms with Gasteiger partial charge in [0.1, 0.15) is 12.2 Å². The lowest BCUT2D eigenvalue weighted by molar-refractivity contribution is -0.146. The number of para-hydroxylation sites is 1. The summed E-state index contributed by atoms with van der Waals surface area (Å²) in [7, 11) is 0. The number of amides is 1. The van der Waals surface area contributed by atoms with Crippen molar-refractivity contribution in [1.82, 2.24) is 4.90 Å². The highest BCUT2D eigenvalue weighted by molar-refractivity contribution is 5.95. The SMILES string of the molecule is O=C1CO[C@@]2(COCCN(CC3CCOCC3)C2)CN1c1ccccc1. The summed E-state index contributed by atoms with van der Waals surface area (Å²) in [6, 6.07) is 9.86. The number of hydrogen-bond donors (Lipinski definition) is 0. The Hall–Kier alpha value is -1.47. The van der Waals surface area contributed by atoms with Crippen molar-refractivity contribution >= 4 is 11.6 Å². The maximum absolute atomic E-state index is 12.4. The van der Waals surface area contributed by atoms with Gasteiger partial charge in [0.25, 0.3) is 5.91 Å². The standard InChI is InChI=1S/C20H28N2O4/c23-19-13-26-20(15-22(19)18-4-2-1-3-5-18)14-21(8-11-25-16-20)12-17-6-9-24-10-7-17/h1-5,17H,6-16H2/t20-/m1/s1. The summed E-state index contributed by atoms with van der Waals surface area (Å²) in [4.78, 5) is 16.7.